The fraction of sp³-hybridized carbons (Fsp3) is 0.514. The average molecular weight is 527 g/mol. The molecule has 206 valence electrons. The summed E-state index contributed by atoms with van der Waals surface area (Å²) in [4.78, 5) is 12.0. The van der Waals surface area contributed by atoms with Gasteiger partial charge in [-0.1, -0.05) is 42.8 Å². The Balaban J connectivity index is 1.34. The highest BCUT2D eigenvalue weighted by atomic mass is 16.5. The van der Waals surface area contributed by atoms with Crippen molar-refractivity contribution in [2.24, 2.45) is 17.8 Å². The lowest BCUT2D eigenvalue weighted by atomic mass is 9.48. The lowest BCUT2D eigenvalue weighted by molar-refractivity contribution is -0.00513. The van der Waals surface area contributed by atoms with Crippen LogP contribution in [0.5, 0.6) is 5.75 Å². The van der Waals surface area contributed by atoms with E-state index in [9.17, 15) is 4.79 Å². The van der Waals surface area contributed by atoms with Crippen LogP contribution >= 0.6 is 0 Å². The Morgan fingerprint density at radius 3 is 2.08 bits per heavy atom. The summed E-state index contributed by atoms with van der Waals surface area (Å²) >= 11 is 0. The SMILES string of the molecule is COCCCCCCOc1c(-c2ccc(C(=O)OC)cc2)ccc2ccc(C34CC5CC(CC(C5)C3)C4)cc12. The molecule has 3 aromatic rings. The molecular weight excluding hydrogens is 484 g/mol. The number of esters is 1. The third-order valence-electron chi connectivity index (χ3n) is 9.73. The smallest absolute Gasteiger partial charge is 0.337 e. The van der Waals surface area contributed by atoms with Crippen molar-refractivity contribution in [3.63, 3.8) is 0 Å². The number of methoxy groups -OCH3 is 2. The van der Waals surface area contributed by atoms with E-state index in [1.54, 1.807) is 7.11 Å². The van der Waals surface area contributed by atoms with Gasteiger partial charge in [0.15, 0.2) is 0 Å². The zero-order chi connectivity index (χ0) is 26.8. The molecule has 4 bridgehead atoms. The highest BCUT2D eigenvalue weighted by Gasteiger charge is 2.51. The van der Waals surface area contributed by atoms with Crippen LogP contribution in [0, 0.1) is 17.8 Å². The van der Waals surface area contributed by atoms with Gasteiger partial charge in [-0.2, -0.15) is 0 Å². The third-order valence-corrected chi connectivity index (χ3v) is 9.73. The molecule has 0 saturated heterocycles. The molecule has 0 aliphatic heterocycles. The molecule has 0 unspecified atom stereocenters. The van der Waals surface area contributed by atoms with Gasteiger partial charge in [-0.3, -0.25) is 0 Å². The van der Waals surface area contributed by atoms with E-state index in [4.69, 9.17) is 14.2 Å². The number of rotatable bonds is 11. The molecule has 0 radical (unpaired) electrons. The molecule has 39 heavy (non-hydrogen) atoms. The van der Waals surface area contributed by atoms with E-state index in [-0.39, 0.29) is 5.97 Å². The van der Waals surface area contributed by atoms with Crippen LogP contribution < -0.4 is 4.74 Å². The summed E-state index contributed by atoms with van der Waals surface area (Å²) in [5.41, 5.74) is 4.57. The predicted molar refractivity (Wildman–Crippen MR) is 156 cm³/mol. The second-order valence-corrected chi connectivity index (χ2v) is 12.4. The van der Waals surface area contributed by atoms with E-state index < -0.39 is 0 Å². The second-order valence-electron chi connectivity index (χ2n) is 12.4. The fourth-order valence-corrected chi connectivity index (χ4v) is 8.25. The Kier molecular flexibility index (Phi) is 7.66. The first kappa shape index (κ1) is 26.4. The molecule has 4 saturated carbocycles. The summed E-state index contributed by atoms with van der Waals surface area (Å²) in [5, 5.41) is 2.45. The third kappa shape index (κ3) is 5.33. The lowest BCUT2D eigenvalue weighted by Gasteiger charge is -2.57. The standard InChI is InChI=1S/C35H42O4/c1-37-15-5-3-4-6-16-39-33-31(27-7-9-29(10-8-27)34(36)38-2)14-12-28-11-13-30(20-32(28)33)35-21-24-17-25(22-35)19-26(18-24)23-35/h7-14,20,24-26H,3-6,15-19,21-23H2,1-2H3. The van der Waals surface area contributed by atoms with Crippen molar-refractivity contribution in [1.82, 2.24) is 0 Å². The molecule has 4 fully saturated rings. The maximum absolute atomic E-state index is 12.0. The van der Waals surface area contributed by atoms with Crippen molar-refractivity contribution in [2.45, 2.75) is 69.6 Å². The molecule has 3 aromatic carbocycles. The quantitative estimate of drug-likeness (QED) is 0.186. The molecule has 0 aromatic heterocycles. The minimum Gasteiger partial charge on any atom is -0.492 e. The van der Waals surface area contributed by atoms with Gasteiger partial charge in [0.05, 0.1) is 19.3 Å². The van der Waals surface area contributed by atoms with Gasteiger partial charge in [0.2, 0.25) is 0 Å². The molecule has 7 rings (SSSR count). The maximum atomic E-state index is 12.0. The highest BCUT2D eigenvalue weighted by molar-refractivity contribution is 5.96. The molecule has 0 amide bonds. The van der Waals surface area contributed by atoms with E-state index in [1.165, 1.54) is 62.0 Å². The molecule has 0 spiro atoms. The molecule has 0 N–H and O–H groups in total. The minimum absolute atomic E-state index is 0.315. The van der Waals surface area contributed by atoms with Crippen LogP contribution in [0.3, 0.4) is 0 Å². The second kappa shape index (κ2) is 11.3. The fourth-order valence-electron chi connectivity index (χ4n) is 8.25. The number of benzene rings is 3. The summed E-state index contributed by atoms with van der Waals surface area (Å²) in [6.07, 6.45) is 12.9. The van der Waals surface area contributed by atoms with E-state index >= 15 is 0 Å². The molecule has 0 atom stereocenters. The van der Waals surface area contributed by atoms with Gasteiger partial charge in [-0.25, -0.2) is 4.79 Å². The van der Waals surface area contributed by atoms with Crippen LogP contribution in [0.2, 0.25) is 0 Å². The summed E-state index contributed by atoms with van der Waals surface area (Å²) < 4.78 is 16.8. The molecule has 4 heteroatoms. The maximum Gasteiger partial charge on any atom is 0.337 e. The van der Waals surface area contributed by atoms with Gasteiger partial charge < -0.3 is 14.2 Å². The zero-order valence-corrected chi connectivity index (χ0v) is 23.5. The largest absolute Gasteiger partial charge is 0.492 e. The van der Waals surface area contributed by atoms with Crippen LogP contribution in [0.1, 0.15) is 80.1 Å². The first-order chi connectivity index (χ1) is 19.1. The molecule has 4 aliphatic carbocycles. The van der Waals surface area contributed by atoms with Crippen LogP contribution in [0.4, 0.5) is 0 Å². The molecule has 4 nitrogen and oxygen atoms in total. The summed E-state index contributed by atoms with van der Waals surface area (Å²) in [6.45, 7) is 1.52. The van der Waals surface area contributed by atoms with Gasteiger partial charge in [0.25, 0.3) is 0 Å². The lowest BCUT2D eigenvalue weighted by Crippen LogP contribution is -2.48. The van der Waals surface area contributed by atoms with Gasteiger partial charge in [0.1, 0.15) is 5.75 Å². The van der Waals surface area contributed by atoms with E-state index in [0.717, 1.165) is 66.9 Å². The predicted octanol–water partition coefficient (Wildman–Crippen LogP) is 8.35. The number of carbonyl (C=O) groups is 1. The zero-order valence-electron chi connectivity index (χ0n) is 23.5. The van der Waals surface area contributed by atoms with E-state index in [0.29, 0.717) is 17.6 Å². The van der Waals surface area contributed by atoms with Crippen LogP contribution in [0.15, 0.2) is 54.6 Å². The Labute approximate surface area is 233 Å². The normalized spacial score (nSPS) is 25.2. The van der Waals surface area contributed by atoms with Crippen molar-refractivity contribution in [3.8, 4) is 16.9 Å². The van der Waals surface area contributed by atoms with Crippen molar-refractivity contribution in [3.05, 3.63) is 65.7 Å². The minimum atomic E-state index is -0.315. The number of fused-ring (bicyclic) bond motifs is 1. The Morgan fingerprint density at radius 1 is 0.795 bits per heavy atom. The number of ether oxygens (including phenoxy) is 3. The first-order valence-electron chi connectivity index (χ1n) is 15.0. The van der Waals surface area contributed by atoms with Gasteiger partial charge in [-0.15, -0.1) is 0 Å². The Morgan fingerprint density at radius 2 is 1.44 bits per heavy atom. The monoisotopic (exact) mass is 526 g/mol. The van der Waals surface area contributed by atoms with Crippen LogP contribution in [-0.4, -0.2) is 33.4 Å². The van der Waals surface area contributed by atoms with Crippen LogP contribution in [0.25, 0.3) is 21.9 Å². The van der Waals surface area contributed by atoms with E-state index in [2.05, 4.69) is 30.3 Å². The number of carbonyl (C=O) groups excluding carboxylic acids is 1. The Hall–Kier alpha value is -2.85. The Bertz CT molecular complexity index is 1270. The van der Waals surface area contributed by atoms with E-state index in [1.807, 2.05) is 24.3 Å². The molecule has 4 aliphatic rings. The summed E-state index contributed by atoms with van der Waals surface area (Å²) in [5.74, 6) is 3.41. The number of unbranched alkanes of at least 4 members (excludes halogenated alkanes) is 3. The van der Waals surface area contributed by atoms with Gasteiger partial charge >= 0.3 is 5.97 Å². The number of hydrogen-bond acceptors (Lipinski definition) is 4. The van der Waals surface area contributed by atoms with Crippen molar-refractivity contribution >= 4 is 16.7 Å². The first-order valence-corrected chi connectivity index (χ1v) is 15.0. The molecule has 0 heterocycles. The van der Waals surface area contributed by atoms with Crippen molar-refractivity contribution in [1.29, 1.82) is 0 Å². The van der Waals surface area contributed by atoms with Crippen molar-refractivity contribution in [2.75, 3.05) is 27.4 Å². The van der Waals surface area contributed by atoms with Gasteiger partial charge in [-0.05, 0) is 116 Å². The summed E-state index contributed by atoms with van der Waals surface area (Å²) in [6, 6.07) is 19.3. The number of hydrogen-bond donors (Lipinski definition) is 0. The van der Waals surface area contributed by atoms with Crippen molar-refractivity contribution < 1.29 is 19.0 Å². The summed E-state index contributed by atoms with van der Waals surface area (Å²) in [7, 11) is 3.18. The molecular formula is C35H42O4. The average Bonchev–Trinajstić information content (AvgIpc) is 2.95. The topological polar surface area (TPSA) is 44.8 Å². The van der Waals surface area contributed by atoms with Gasteiger partial charge in [0, 0.05) is 24.7 Å². The highest BCUT2D eigenvalue weighted by Crippen LogP contribution is 2.61. The van der Waals surface area contributed by atoms with Crippen LogP contribution in [-0.2, 0) is 14.9 Å².